The summed E-state index contributed by atoms with van der Waals surface area (Å²) in [5, 5.41) is 13.5. The van der Waals surface area contributed by atoms with E-state index in [2.05, 4.69) is 10.3 Å². The number of piperidine rings is 1. The lowest BCUT2D eigenvalue weighted by Gasteiger charge is -2.32. The summed E-state index contributed by atoms with van der Waals surface area (Å²) in [6.07, 6.45) is -2.05. The van der Waals surface area contributed by atoms with Crippen molar-refractivity contribution in [1.82, 2.24) is 4.98 Å². The lowest BCUT2D eigenvalue weighted by atomic mass is 9.96. The Morgan fingerprint density at radius 3 is 2.61 bits per heavy atom. The first-order chi connectivity index (χ1) is 14.6. The van der Waals surface area contributed by atoms with E-state index >= 15 is 0 Å². The summed E-state index contributed by atoms with van der Waals surface area (Å²) >= 11 is 5.72. The zero-order chi connectivity index (χ0) is 22.8. The maximum absolute atomic E-state index is 13.0. The van der Waals surface area contributed by atoms with Gasteiger partial charge < -0.3 is 16.0 Å². The van der Waals surface area contributed by atoms with E-state index in [9.17, 15) is 28.1 Å². The average molecular weight is 458 g/mol. The summed E-state index contributed by atoms with van der Waals surface area (Å²) in [4.78, 5) is 28.1. The molecule has 1 aliphatic heterocycles. The molecule has 166 valence electrons. The summed E-state index contributed by atoms with van der Waals surface area (Å²) < 4.78 is 39.1. The van der Waals surface area contributed by atoms with E-state index in [0.29, 0.717) is 43.4 Å². The second-order valence-electron chi connectivity index (χ2n) is 7.11. The number of nitrogens with one attached hydrogen (secondary N) is 1. The predicted molar refractivity (Wildman–Crippen MR) is 109 cm³/mol. The first kappa shape index (κ1) is 22.6. The second-order valence-corrected chi connectivity index (χ2v) is 7.51. The molecule has 3 rings (SSSR count). The summed E-state index contributed by atoms with van der Waals surface area (Å²) in [6.45, 7) is 1.19. The summed E-state index contributed by atoms with van der Waals surface area (Å²) in [6, 6.07) is 4.76. The minimum atomic E-state index is -4.81. The molecule has 31 heavy (non-hydrogen) atoms. The van der Waals surface area contributed by atoms with E-state index in [4.69, 9.17) is 17.3 Å². The predicted octanol–water partition coefficient (Wildman–Crippen LogP) is 3.98. The molecule has 12 heteroatoms. The Kier molecular flexibility index (Phi) is 6.54. The number of nitrogens with zero attached hydrogens (tertiary/aromatic N) is 3. The number of rotatable bonds is 6. The third-order valence-electron chi connectivity index (χ3n) is 5.12. The minimum absolute atomic E-state index is 0.0709. The molecule has 0 radical (unpaired) electrons. The van der Waals surface area contributed by atoms with Crippen LogP contribution in [-0.4, -0.2) is 28.9 Å². The maximum atomic E-state index is 13.0. The Morgan fingerprint density at radius 1 is 1.35 bits per heavy atom. The molecular weight excluding hydrogens is 439 g/mol. The molecular formula is C19H19ClF3N5O3. The van der Waals surface area contributed by atoms with Crippen LogP contribution in [0.25, 0.3) is 0 Å². The van der Waals surface area contributed by atoms with Gasteiger partial charge >= 0.3 is 6.18 Å². The monoisotopic (exact) mass is 457 g/mol. The molecule has 0 atom stereocenters. The Labute approximate surface area is 180 Å². The SMILES string of the molecule is NC(=O)C1CCN(c2ncccc2CNc2cc(Cl)c(C(F)(F)F)cc2[N+](=O)[O-])CC1. The fourth-order valence-corrected chi connectivity index (χ4v) is 3.76. The van der Waals surface area contributed by atoms with E-state index in [0.717, 1.165) is 6.07 Å². The number of pyridine rings is 1. The van der Waals surface area contributed by atoms with Crippen LogP contribution in [0.4, 0.5) is 30.4 Å². The summed E-state index contributed by atoms with van der Waals surface area (Å²) in [5.74, 6) is 0.0890. The Hall–Kier alpha value is -3.08. The number of halogens is 4. The highest BCUT2D eigenvalue weighted by Crippen LogP contribution is 2.40. The van der Waals surface area contributed by atoms with Crippen LogP contribution < -0.4 is 16.0 Å². The first-order valence-corrected chi connectivity index (χ1v) is 9.73. The highest BCUT2D eigenvalue weighted by atomic mass is 35.5. The number of anilines is 2. The van der Waals surface area contributed by atoms with Crippen LogP contribution in [0, 0.1) is 16.0 Å². The molecule has 1 aromatic heterocycles. The number of aromatic nitrogens is 1. The van der Waals surface area contributed by atoms with E-state index in [1.807, 2.05) is 4.90 Å². The van der Waals surface area contributed by atoms with Crippen LogP contribution in [0.5, 0.6) is 0 Å². The van der Waals surface area contributed by atoms with E-state index < -0.39 is 27.4 Å². The quantitative estimate of drug-likeness (QED) is 0.501. The fourth-order valence-electron chi connectivity index (χ4n) is 3.49. The van der Waals surface area contributed by atoms with Crippen LogP contribution in [0.15, 0.2) is 30.5 Å². The third kappa shape index (κ3) is 5.16. The summed E-state index contributed by atoms with van der Waals surface area (Å²) in [5.41, 5.74) is 3.91. The van der Waals surface area contributed by atoms with Crippen molar-refractivity contribution >= 4 is 34.7 Å². The highest BCUT2D eigenvalue weighted by Gasteiger charge is 2.36. The van der Waals surface area contributed by atoms with Crippen LogP contribution in [0.1, 0.15) is 24.0 Å². The smallest absolute Gasteiger partial charge is 0.375 e. The van der Waals surface area contributed by atoms with E-state index in [1.165, 1.54) is 0 Å². The number of hydrogen-bond acceptors (Lipinski definition) is 6. The van der Waals surface area contributed by atoms with Gasteiger partial charge in [-0.1, -0.05) is 17.7 Å². The number of benzene rings is 1. The standard InChI is InChI=1S/C19H19ClF3N5O3/c20-14-9-15(16(28(30)31)8-13(14)19(21,22)23)26-10-12-2-1-5-25-18(12)27-6-3-11(4-7-27)17(24)29/h1-2,5,8-9,11,26H,3-4,6-7,10H2,(H2,24,29). The van der Waals surface area contributed by atoms with Gasteiger partial charge in [0.1, 0.15) is 11.5 Å². The van der Waals surface area contributed by atoms with Gasteiger partial charge in [0.25, 0.3) is 5.69 Å². The summed E-state index contributed by atoms with van der Waals surface area (Å²) in [7, 11) is 0. The van der Waals surface area contributed by atoms with Gasteiger partial charge in [-0.25, -0.2) is 4.98 Å². The second kappa shape index (κ2) is 8.96. The molecule has 0 bridgehead atoms. The van der Waals surface area contributed by atoms with Crippen molar-refractivity contribution in [2.75, 3.05) is 23.3 Å². The number of nitro benzene ring substituents is 1. The number of nitrogens with two attached hydrogens (primary N) is 1. The lowest BCUT2D eigenvalue weighted by Crippen LogP contribution is -2.39. The fraction of sp³-hybridized carbons (Fsp3) is 0.368. The van der Waals surface area contributed by atoms with Crippen LogP contribution in [-0.2, 0) is 17.5 Å². The van der Waals surface area contributed by atoms with Gasteiger partial charge in [0.2, 0.25) is 5.91 Å². The third-order valence-corrected chi connectivity index (χ3v) is 5.43. The first-order valence-electron chi connectivity index (χ1n) is 9.35. The Morgan fingerprint density at radius 2 is 2.03 bits per heavy atom. The number of amides is 1. The number of carbonyl (C=O) groups is 1. The van der Waals surface area contributed by atoms with Gasteiger partial charge in [0.15, 0.2) is 0 Å². The minimum Gasteiger partial charge on any atom is -0.375 e. The molecule has 1 aliphatic rings. The molecule has 0 unspecified atom stereocenters. The van der Waals surface area contributed by atoms with Gasteiger partial charge in [-0.05, 0) is 25.0 Å². The average Bonchev–Trinajstić information content (AvgIpc) is 2.71. The lowest BCUT2D eigenvalue weighted by molar-refractivity contribution is -0.384. The largest absolute Gasteiger partial charge is 0.418 e. The van der Waals surface area contributed by atoms with Crippen molar-refractivity contribution in [3.8, 4) is 0 Å². The number of primary amides is 1. The number of carbonyl (C=O) groups excluding carboxylic acids is 1. The van der Waals surface area contributed by atoms with Crippen LogP contribution >= 0.6 is 11.6 Å². The number of hydrogen-bond donors (Lipinski definition) is 2. The van der Waals surface area contributed by atoms with Crippen molar-refractivity contribution in [2.45, 2.75) is 25.6 Å². The van der Waals surface area contributed by atoms with Gasteiger partial charge in [-0.15, -0.1) is 0 Å². The van der Waals surface area contributed by atoms with Crippen LogP contribution in [0.2, 0.25) is 5.02 Å². The molecule has 1 fully saturated rings. The molecule has 2 heterocycles. The molecule has 1 saturated heterocycles. The topological polar surface area (TPSA) is 114 Å². The molecule has 0 aliphatic carbocycles. The number of alkyl halides is 3. The van der Waals surface area contributed by atoms with Gasteiger partial charge in [-0.3, -0.25) is 14.9 Å². The van der Waals surface area contributed by atoms with Crippen molar-refractivity contribution < 1.29 is 22.9 Å². The van der Waals surface area contributed by atoms with E-state index in [1.54, 1.807) is 18.3 Å². The Balaban J connectivity index is 1.82. The van der Waals surface area contributed by atoms with Crippen molar-refractivity contribution in [3.63, 3.8) is 0 Å². The number of nitro groups is 1. The molecule has 2 aromatic rings. The van der Waals surface area contributed by atoms with E-state index in [-0.39, 0.29) is 24.1 Å². The van der Waals surface area contributed by atoms with Crippen molar-refractivity contribution in [3.05, 3.63) is 56.7 Å². The molecule has 1 amide bonds. The zero-order valence-electron chi connectivity index (χ0n) is 16.2. The van der Waals surface area contributed by atoms with Gasteiger partial charge in [0.05, 0.1) is 15.5 Å². The van der Waals surface area contributed by atoms with Crippen molar-refractivity contribution in [1.29, 1.82) is 0 Å². The van der Waals surface area contributed by atoms with Gasteiger partial charge in [-0.2, -0.15) is 13.2 Å². The maximum Gasteiger partial charge on any atom is 0.418 e. The molecule has 0 saturated carbocycles. The van der Waals surface area contributed by atoms with Gasteiger partial charge in [0, 0.05) is 43.4 Å². The van der Waals surface area contributed by atoms with Crippen molar-refractivity contribution in [2.24, 2.45) is 11.7 Å². The molecule has 3 N–H and O–H groups in total. The molecule has 1 aromatic carbocycles. The Bertz CT molecular complexity index is 994. The highest BCUT2D eigenvalue weighted by molar-refractivity contribution is 6.31. The normalized spacial score (nSPS) is 15.0. The molecule has 8 nitrogen and oxygen atoms in total. The molecule has 0 spiro atoms. The van der Waals surface area contributed by atoms with Crippen LogP contribution in [0.3, 0.4) is 0 Å². The zero-order valence-corrected chi connectivity index (χ0v) is 16.9.